The molecule has 7 nitrogen and oxygen atoms in total. The van der Waals surface area contributed by atoms with Crippen LogP contribution in [-0.4, -0.2) is 43.8 Å². The number of nitrogens with one attached hydrogen (secondary N) is 1. The molecule has 0 spiro atoms. The molecule has 0 aliphatic rings. The van der Waals surface area contributed by atoms with Gasteiger partial charge in [0, 0.05) is 22.6 Å². The lowest BCUT2D eigenvalue weighted by Gasteiger charge is -2.34. The van der Waals surface area contributed by atoms with Gasteiger partial charge >= 0.3 is 0 Å². The van der Waals surface area contributed by atoms with E-state index in [0.29, 0.717) is 5.69 Å². The fraction of sp³-hybridized carbons (Fsp3) is 0.257. The van der Waals surface area contributed by atoms with Crippen molar-refractivity contribution in [3.63, 3.8) is 0 Å². The average molecular weight is 724 g/mol. The molecule has 0 heterocycles. The van der Waals surface area contributed by atoms with E-state index in [1.54, 1.807) is 42.5 Å². The number of hydrogen-bond acceptors (Lipinski definition) is 4. The Morgan fingerprint density at radius 2 is 1.41 bits per heavy atom. The van der Waals surface area contributed by atoms with Gasteiger partial charge in [0.05, 0.1) is 10.6 Å². The van der Waals surface area contributed by atoms with Crippen molar-refractivity contribution in [1.29, 1.82) is 0 Å². The topological polar surface area (TPSA) is 86.8 Å². The lowest BCUT2D eigenvalue weighted by molar-refractivity contribution is -0.140. The minimum absolute atomic E-state index is 0.0757. The molecular formula is C35H38IN3O4S. The number of halogens is 1. The highest BCUT2D eigenvalue weighted by Crippen LogP contribution is 2.26. The van der Waals surface area contributed by atoms with Crippen LogP contribution in [0, 0.1) is 10.5 Å². The zero-order valence-electron chi connectivity index (χ0n) is 25.2. The van der Waals surface area contributed by atoms with Gasteiger partial charge < -0.3 is 10.2 Å². The summed E-state index contributed by atoms with van der Waals surface area (Å²) >= 11 is 2.15. The zero-order valence-corrected chi connectivity index (χ0v) is 28.2. The Bertz CT molecular complexity index is 1630. The standard InChI is InChI=1S/C35H38IN3O4S/c1-4-27(3)37-35(41)33(23-28-11-7-5-8-12-28)38(24-29-17-15-26(2)16-18-29)34(40)25-39(31-21-19-30(36)20-22-31)44(42,43)32-13-9-6-10-14-32/h5-22,27,33H,4,23-25H2,1-3H3,(H,37,41). The maximum atomic E-state index is 14.5. The van der Waals surface area contributed by atoms with Crippen molar-refractivity contribution in [2.24, 2.45) is 0 Å². The number of amides is 2. The van der Waals surface area contributed by atoms with E-state index in [1.165, 1.54) is 17.0 Å². The van der Waals surface area contributed by atoms with E-state index in [0.717, 1.165) is 31.0 Å². The molecule has 0 saturated carbocycles. The van der Waals surface area contributed by atoms with Gasteiger partial charge in [0.15, 0.2) is 0 Å². The molecule has 0 aliphatic heterocycles. The summed E-state index contributed by atoms with van der Waals surface area (Å²) in [7, 11) is -4.12. The second-order valence-corrected chi connectivity index (χ2v) is 13.9. The lowest BCUT2D eigenvalue weighted by atomic mass is 10.0. The van der Waals surface area contributed by atoms with Gasteiger partial charge in [0.2, 0.25) is 11.8 Å². The molecule has 9 heteroatoms. The van der Waals surface area contributed by atoms with E-state index in [2.05, 4.69) is 27.9 Å². The molecule has 0 aromatic heterocycles. The number of anilines is 1. The van der Waals surface area contributed by atoms with E-state index < -0.39 is 28.5 Å². The Labute approximate surface area is 274 Å². The molecule has 0 saturated heterocycles. The van der Waals surface area contributed by atoms with E-state index in [1.807, 2.05) is 75.4 Å². The normalized spacial score (nSPS) is 12.6. The highest BCUT2D eigenvalue weighted by Gasteiger charge is 2.35. The molecule has 0 bridgehead atoms. The third-order valence-electron chi connectivity index (χ3n) is 7.47. The highest BCUT2D eigenvalue weighted by molar-refractivity contribution is 14.1. The first-order valence-electron chi connectivity index (χ1n) is 14.6. The molecule has 44 heavy (non-hydrogen) atoms. The first-order chi connectivity index (χ1) is 21.1. The van der Waals surface area contributed by atoms with Crippen molar-refractivity contribution in [3.05, 3.63) is 129 Å². The number of nitrogens with zero attached hydrogens (tertiary/aromatic N) is 2. The van der Waals surface area contributed by atoms with Gasteiger partial charge in [-0.2, -0.15) is 0 Å². The molecule has 1 N–H and O–H groups in total. The highest BCUT2D eigenvalue weighted by atomic mass is 127. The quantitative estimate of drug-likeness (QED) is 0.163. The Balaban J connectivity index is 1.79. The van der Waals surface area contributed by atoms with Crippen LogP contribution < -0.4 is 9.62 Å². The molecule has 0 fully saturated rings. The van der Waals surface area contributed by atoms with Crippen LogP contribution in [0.2, 0.25) is 0 Å². The third-order valence-corrected chi connectivity index (χ3v) is 9.98. The summed E-state index contributed by atoms with van der Waals surface area (Å²) in [6.45, 7) is 5.55. The number of aryl methyl sites for hydroxylation is 1. The lowest BCUT2D eigenvalue weighted by Crippen LogP contribution is -2.54. The van der Waals surface area contributed by atoms with E-state index >= 15 is 0 Å². The maximum Gasteiger partial charge on any atom is 0.264 e. The third kappa shape index (κ3) is 8.69. The molecule has 4 aromatic rings. The van der Waals surface area contributed by atoms with Gasteiger partial charge in [-0.15, -0.1) is 0 Å². The minimum atomic E-state index is -4.12. The molecule has 230 valence electrons. The number of carbonyl (C=O) groups is 2. The summed E-state index contributed by atoms with van der Waals surface area (Å²) in [6, 6.07) is 31.4. The SMILES string of the molecule is CCC(C)NC(=O)C(Cc1ccccc1)N(Cc1ccc(C)cc1)C(=O)CN(c1ccc(I)cc1)S(=O)(=O)c1ccccc1. The number of sulfonamides is 1. The zero-order chi connectivity index (χ0) is 31.7. The molecule has 0 aliphatic carbocycles. The molecule has 0 radical (unpaired) electrons. The first kappa shape index (κ1) is 33.2. The number of carbonyl (C=O) groups excluding carboxylic acids is 2. The van der Waals surface area contributed by atoms with Crippen LogP contribution in [0.5, 0.6) is 0 Å². The molecule has 4 aromatic carbocycles. The number of rotatable bonds is 13. The Kier molecular flexibility index (Phi) is 11.6. The Morgan fingerprint density at radius 1 is 0.818 bits per heavy atom. The van der Waals surface area contributed by atoms with Crippen LogP contribution in [0.25, 0.3) is 0 Å². The van der Waals surface area contributed by atoms with Gasteiger partial charge in [0.1, 0.15) is 12.6 Å². The van der Waals surface area contributed by atoms with Crippen molar-refractivity contribution in [3.8, 4) is 0 Å². The summed E-state index contributed by atoms with van der Waals surface area (Å²) in [5.74, 6) is -0.765. The van der Waals surface area contributed by atoms with Gasteiger partial charge in [0.25, 0.3) is 10.0 Å². The van der Waals surface area contributed by atoms with Crippen LogP contribution >= 0.6 is 22.6 Å². The van der Waals surface area contributed by atoms with Crippen LogP contribution in [0.15, 0.2) is 114 Å². The summed E-state index contributed by atoms with van der Waals surface area (Å²) in [5, 5.41) is 3.06. The minimum Gasteiger partial charge on any atom is -0.352 e. The second-order valence-electron chi connectivity index (χ2n) is 10.8. The fourth-order valence-electron chi connectivity index (χ4n) is 4.74. The van der Waals surface area contributed by atoms with Gasteiger partial charge in [-0.1, -0.05) is 85.3 Å². The van der Waals surface area contributed by atoms with Crippen LogP contribution in [-0.2, 0) is 32.6 Å². The molecule has 2 unspecified atom stereocenters. The van der Waals surface area contributed by atoms with Crippen molar-refractivity contribution >= 4 is 50.1 Å². The van der Waals surface area contributed by atoms with Gasteiger partial charge in [-0.25, -0.2) is 8.42 Å². The maximum absolute atomic E-state index is 14.5. The Morgan fingerprint density at radius 3 is 2.00 bits per heavy atom. The average Bonchev–Trinajstić information content (AvgIpc) is 3.03. The van der Waals surface area contributed by atoms with Crippen LogP contribution in [0.3, 0.4) is 0 Å². The van der Waals surface area contributed by atoms with Crippen molar-refractivity contribution < 1.29 is 18.0 Å². The predicted molar refractivity (Wildman–Crippen MR) is 184 cm³/mol. The Hall–Kier alpha value is -3.70. The van der Waals surface area contributed by atoms with Gasteiger partial charge in [-0.05, 0) is 90.4 Å². The summed E-state index contributed by atoms with van der Waals surface area (Å²) in [5.41, 5.74) is 3.16. The monoisotopic (exact) mass is 723 g/mol. The molecular weight excluding hydrogens is 685 g/mol. The summed E-state index contributed by atoms with van der Waals surface area (Å²) in [6.07, 6.45) is 1.00. The van der Waals surface area contributed by atoms with E-state index in [9.17, 15) is 18.0 Å². The number of benzene rings is 4. The van der Waals surface area contributed by atoms with E-state index in [4.69, 9.17) is 0 Å². The largest absolute Gasteiger partial charge is 0.352 e. The fourth-order valence-corrected chi connectivity index (χ4v) is 6.54. The first-order valence-corrected chi connectivity index (χ1v) is 17.1. The van der Waals surface area contributed by atoms with E-state index in [-0.39, 0.29) is 29.8 Å². The summed E-state index contributed by atoms with van der Waals surface area (Å²) < 4.78 is 30.1. The van der Waals surface area contributed by atoms with Gasteiger partial charge in [-0.3, -0.25) is 13.9 Å². The van der Waals surface area contributed by atoms with Crippen LogP contribution in [0.1, 0.15) is 37.0 Å². The van der Waals surface area contributed by atoms with Crippen LogP contribution in [0.4, 0.5) is 5.69 Å². The molecule has 2 amide bonds. The smallest absolute Gasteiger partial charge is 0.264 e. The van der Waals surface area contributed by atoms with Crippen molar-refractivity contribution in [2.75, 3.05) is 10.8 Å². The van der Waals surface area contributed by atoms with Crippen molar-refractivity contribution in [1.82, 2.24) is 10.2 Å². The second kappa shape index (κ2) is 15.3. The number of hydrogen-bond donors (Lipinski definition) is 1. The predicted octanol–water partition coefficient (Wildman–Crippen LogP) is 6.35. The molecule has 2 atom stereocenters. The van der Waals surface area contributed by atoms with Crippen molar-refractivity contribution in [2.45, 2.75) is 57.1 Å². The molecule has 4 rings (SSSR count). The summed E-state index contributed by atoms with van der Waals surface area (Å²) in [4.78, 5) is 30.0.